The standard InChI is InChI=1S/C15H11N5S/c1-8-9(2)17-15-14(16-8)18-13(19-20-15)12-7-10-5-3-4-6-11(10)21-12/h3-7H,1-2H3. The maximum absolute atomic E-state index is 4.51. The second kappa shape index (κ2) is 4.53. The van der Waals surface area contributed by atoms with Gasteiger partial charge in [0.25, 0.3) is 0 Å². The quantitative estimate of drug-likeness (QED) is 0.538. The lowest BCUT2D eigenvalue weighted by atomic mass is 10.2. The molecule has 3 aromatic heterocycles. The molecule has 0 fully saturated rings. The molecule has 4 aromatic rings. The van der Waals surface area contributed by atoms with Gasteiger partial charge in [-0.05, 0) is 31.4 Å². The molecule has 0 atom stereocenters. The van der Waals surface area contributed by atoms with E-state index in [0.29, 0.717) is 17.1 Å². The minimum absolute atomic E-state index is 0.489. The first-order valence-corrected chi connectivity index (χ1v) is 7.37. The fraction of sp³-hybridized carbons (Fsp3) is 0.133. The van der Waals surface area contributed by atoms with Crippen molar-refractivity contribution in [1.82, 2.24) is 25.1 Å². The van der Waals surface area contributed by atoms with E-state index in [9.17, 15) is 0 Å². The third-order valence-electron chi connectivity index (χ3n) is 3.37. The molecule has 0 saturated heterocycles. The van der Waals surface area contributed by atoms with Gasteiger partial charge in [-0.3, -0.25) is 0 Å². The van der Waals surface area contributed by atoms with E-state index in [1.807, 2.05) is 26.0 Å². The zero-order chi connectivity index (χ0) is 14.4. The molecule has 0 aliphatic rings. The number of aromatic nitrogens is 5. The minimum atomic E-state index is 0.489. The second-order valence-electron chi connectivity index (χ2n) is 4.83. The largest absolute Gasteiger partial charge is 0.229 e. The molecular weight excluding hydrogens is 282 g/mol. The van der Waals surface area contributed by atoms with E-state index in [2.05, 4.69) is 43.3 Å². The van der Waals surface area contributed by atoms with E-state index in [4.69, 9.17) is 0 Å². The SMILES string of the molecule is Cc1nc2nnc(-c3cc4ccccc4s3)nc2nc1C. The lowest BCUT2D eigenvalue weighted by Gasteiger charge is -2.01. The maximum atomic E-state index is 4.51. The molecule has 5 nitrogen and oxygen atoms in total. The van der Waals surface area contributed by atoms with Gasteiger partial charge in [0.05, 0.1) is 16.3 Å². The molecule has 0 aliphatic heterocycles. The first-order chi connectivity index (χ1) is 10.2. The maximum Gasteiger partial charge on any atom is 0.220 e. The first kappa shape index (κ1) is 12.3. The van der Waals surface area contributed by atoms with Gasteiger partial charge in [-0.25, -0.2) is 15.0 Å². The third kappa shape index (κ3) is 2.04. The Hall–Kier alpha value is -2.47. The Kier molecular flexibility index (Phi) is 2.65. The van der Waals surface area contributed by atoms with Crippen LogP contribution in [0, 0.1) is 13.8 Å². The summed E-state index contributed by atoms with van der Waals surface area (Å²) in [6, 6.07) is 10.3. The van der Waals surface area contributed by atoms with E-state index >= 15 is 0 Å². The number of fused-ring (bicyclic) bond motifs is 2. The first-order valence-electron chi connectivity index (χ1n) is 6.55. The summed E-state index contributed by atoms with van der Waals surface area (Å²) in [4.78, 5) is 14.3. The minimum Gasteiger partial charge on any atom is -0.229 e. The molecule has 0 aliphatic carbocycles. The summed E-state index contributed by atoms with van der Waals surface area (Å²) in [5.74, 6) is 0.598. The van der Waals surface area contributed by atoms with Gasteiger partial charge in [0.1, 0.15) is 0 Å². The number of aryl methyl sites for hydroxylation is 2. The van der Waals surface area contributed by atoms with Crippen molar-refractivity contribution in [3.05, 3.63) is 41.7 Å². The Morgan fingerprint density at radius 1 is 0.857 bits per heavy atom. The molecule has 3 heterocycles. The Labute approximate surface area is 124 Å². The highest BCUT2D eigenvalue weighted by atomic mass is 32.1. The normalized spacial score (nSPS) is 11.3. The number of nitrogens with zero attached hydrogens (tertiary/aromatic N) is 5. The highest BCUT2D eigenvalue weighted by Crippen LogP contribution is 2.31. The van der Waals surface area contributed by atoms with Gasteiger partial charge in [-0.1, -0.05) is 18.2 Å². The summed E-state index contributed by atoms with van der Waals surface area (Å²) in [6.07, 6.45) is 0. The summed E-state index contributed by atoms with van der Waals surface area (Å²) in [5, 5.41) is 9.53. The van der Waals surface area contributed by atoms with Gasteiger partial charge in [-0.15, -0.1) is 21.5 Å². The Morgan fingerprint density at radius 3 is 2.43 bits per heavy atom. The topological polar surface area (TPSA) is 64.5 Å². The van der Waals surface area contributed by atoms with Crippen LogP contribution in [0.2, 0.25) is 0 Å². The third-order valence-corrected chi connectivity index (χ3v) is 4.48. The van der Waals surface area contributed by atoms with E-state index in [-0.39, 0.29) is 0 Å². The molecule has 0 saturated carbocycles. The van der Waals surface area contributed by atoms with Crippen LogP contribution in [-0.2, 0) is 0 Å². The van der Waals surface area contributed by atoms with Crippen molar-refractivity contribution in [3.63, 3.8) is 0 Å². The molecule has 6 heteroatoms. The lowest BCUT2D eigenvalue weighted by molar-refractivity contribution is 0.970. The molecule has 0 spiro atoms. The highest BCUT2D eigenvalue weighted by Gasteiger charge is 2.11. The fourth-order valence-corrected chi connectivity index (χ4v) is 3.13. The number of hydrogen-bond acceptors (Lipinski definition) is 6. The molecule has 0 radical (unpaired) electrons. The van der Waals surface area contributed by atoms with Gasteiger partial charge in [0, 0.05) is 4.70 Å². The summed E-state index contributed by atoms with van der Waals surface area (Å²) < 4.78 is 1.21. The predicted molar refractivity (Wildman–Crippen MR) is 83.2 cm³/mol. The van der Waals surface area contributed by atoms with Crippen molar-refractivity contribution in [2.75, 3.05) is 0 Å². The van der Waals surface area contributed by atoms with E-state index in [1.54, 1.807) is 11.3 Å². The van der Waals surface area contributed by atoms with Crippen molar-refractivity contribution < 1.29 is 0 Å². The molecule has 102 valence electrons. The monoisotopic (exact) mass is 293 g/mol. The second-order valence-corrected chi connectivity index (χ2v) is 5.91. The van der Waals surface area contributed by atoms with Crippen LogP contribution in [0.5, 0.6) is 0 Å². The Morgan fingerprint density at radius 2 is 1.62 bits per heavy atom. The van der Waals surface area contributed by atoms with E-state index in [0.717, 1.165) is 16.3 Å². The van der Waals surface area contributed by atoms with Crippen molar-refractivity contribution in [2.45, 2.75) is 13.8 Å². The van der Waals surface area contributed by atoms with Crippen LogP contribution in [-0.4, -0.2) is 25.1 Å². The molecule has 0 bridgehead atoms. The lowest BCUT2D eigenvalue weighted by Crippen LogP contribution is -2.00. The van der Waals surface area contributed by atoms with Crippen molar-refractivity contribution in [1.29, 1.82) is 0 Å². The molecule has 4 rings (SSSR count). The Balaban J connectivity index is 1.91. The summed E-state index contributed by atoms with van der Waals surface area (Å²) in [6.45, 7) is 3.83. The van der Waals surface area contributed by atoms with Gasteiger partial charge in [0.15, 0.2) is 5.82 Å². The molecule has 0 unspecified atom stereocenters. The van der Waals surface area contributed by atoms with Crippen LogP contribution in [0.3, 0.4) is 0 Å². The zero-order valence-corrected chi connectivity index (χ0v) is 12.3. The summed E-state index contributed by atoms with van der Waals surface area (Å²) in [5.41, 5.74) is 2.75. The van der Waals surface area contributed by atoms with Crippen molar-refractivity contribution in [2.24, 2.45) is 0 Å². The summed E-state index contributed by atoms with van der Waals surface area (Å²) >= 11 is 1.65. The van der Waals surface area contributed by atoms with Crippen LogP contribution in [0.1, 0.15) is 11.4 Å². The molecule has 0 N–H and O–H groups in total. The van der Waals surface area contributed by atoms with Crippen molar-refractivity contribution in [3.8, 4) is 10.7 Å². The van der Waals surface area contributed by atoms with Crippen LogP contribution < -0.4 is 0 Å². The molecule has 0 amide bonds. The van der Waals surface area contributed by atoms with Gasteiger partial charge < -0.3 is 0 Å². The predicted octanol–water partition coefficient (Wildman–Crippen LogP) is 3.31. The van der Waals surface area contributed by atoms with Crippen LogP contribution in [0.25, 0.3) is 32.1 Å². The molecule has 21 heavy (non-hydrogen) atoms. The van der Waals surface area contributed by atoms with E-state index < -0.39 is 0 Å². The van der Waals surface area contributed by atoms with E-state index in [1.165, 1.54) is 10.1 Å². The highest BCUT2D eigenvalue weighted by molar-refractivity contribution is 7.22. The Bertz CT molecular complexity index is 943. The van der Waals surface area contributed by atoms with Crippen molar-refractivity contribution >= 4 is 32.7 Å². The van der Waals surface area contributed by atoms with Gasteiger partial charge in [0.2, 0.25) is 11.3 Å². The van der Waals surface area contributed by atoms with Crippen LogP contribution >= 0.6 is 11.3 Å². The summed E-state index contributed by atoms with van der Waals surface area (Å²) in [7, 11) is 0. The van der Waals surface area contributed by atoms with Gasteiger partial charge in [-0.2, -0.15) is 0 Å². The number of benzene rings is 1. The smallest absolute Gasteiger partial charge is 0.220 e. The zero-order valence-electron chi connectivity index (χ0n) is 11.5. The van der Waals surface area contributed by atoms with Crippen LogP contribution in [0.15, 0.2) is 30.3 Å². The fourth-order valence-electron chi connectivity index (χ4n) is 2.14. The number of hydrogen-bond donors (Lipinski definition) is 0. The average molecular weight is 293 g/mol. The molecular formula is C15H11N5S. The number of rotatable bonds is 1. The van der Waals surface area contributed by atoms with Gasteiger partial charge >= 0.3 is 0 Å². The van der Waals surface area contributed by atoms with Crippen LogP contribution in [0.4, 0.5) is 0 Å². The number of thiophene rings is 1. The molecule has 1 aromatic carbocycles. The average Bonchev–Trinajstić information content (AvgIpc) is 2.92.